The lowest BCUT2D eigenvalue weighted by Gasteiger charge is -2.27. The van der Waals surface area contributed by atoms with Crippen LogP contribution >= 0.6 is 11.6 Å². The first-order valence-electron chi connectivity index (χ1n) is 8.38. The molecule has 0 aromatic heterocycles. The summed E-state index contributed by atoms with van der Waals surface area (Å²) in [6, 6.07) is 18.9. The number of hydrogen-bond acceptors (Lipinski definition) is 3. The van der Waals surface area contributed by atoms with E-state index in [1.54, 1.807) is 12.1 Å². The van der Waals surface area contributed by atoms with Crippen molar-refractivity contribution in [2.45, 2.75) is 18.7 Å². The van der Waals surface area contributed by atoms with E-state index in [4.69, 9.17) is 16.3 Å². The maximum absolute atomic E-state index is 12.0. The van der Waals surface area contributed by atoms with Crippen molar-refractivity contribution in [2.24, 2.45) is 0 Å². The van der Waals surface area contributed by atoms with Crippen LogP contribution in [0, 0.1) is 0 Å². The number of fused-ring (bicyclic) bond motifs is 2. The summed E-state index contributed by atoms with van der Waals surface area (Å²) in [5, 5.41) is 12.7. The average Bonchev–Trinajstić information content (AvgIpc) is 2.95. The standard InChI is InChI=1S/C21H18ClNO3/c1-26-20-17-11-15(22)9-10-18(17)23(19(20)21(24)25)12-14-7-4-6-13-5-2-3-8-16(13)14/h2-11,19-20H,12H2,1H3,(H,24,25). The summed E-state index contributed by atoms with van der Waals surface area (Å²) in [6.45, 7) is 0.479. The first-order chi connectivity index (χ1) is 12.6. The normalized spacial score (nSPS) is 18.9. The number of carboxylic acid groups (broad SMARTS) is 1. The zero-order valence-corrected chi connectivity index (χ0v) is 15.0. The van der Waals surface area contributed by atoms with Crippen LogP contribution < -0.4 is 4.90 Å². The van der Waals surface area contributed by atoms with E-state index in [2.05, 4.69) is 18.2 Å². The lowest BCUT2D eigenvalue weighted by atomic mass is 10.0. The van der Waals surface area contributed by atoms with Crippen molar-refractivity contribution in [2.75, 3.05) is 12.0 Å². The highest BCUT2D eigenvalue weighted by Gasteiger charge is 2.43. The number of nitrogens with zero attached hydrogens (tertiary/aromatic N) is 1. The summed E-state index contributed by atoms with van der Waals surface area (Å²) >= 11 is 6.14. The summed E-state index contributed by atoms with van der Waals surface area (Å²) in [5.41, 5.74) is 2.74. The van der Waals surface area contributed by atoms with Crippen molar-refractivity contribution in [1.82, 2.24) is 0 Å². The number of carbonyl (C=O) groups is 1. The molecule has 4 nitrogen and oxygen atoms in total. The van der Waals surface area contributed by atoms with Gasteiger partial charge < -0.3 is 14.7 Å². The van der Waals surface area contributed by atoms with E-state index in [9.17, 15) is 9.90 Å². The number of aliphatic carboxylic acids is 1. The van der Waals surface area contributed by atoms with Crippen LogP contribution in [0.3, 0.4) is 0 Å². The number of methoxy groups -OCH3 is 1. The Balaban J connectivity index is 1.82. The average molecular weight is 368 g/mol. The van der Waals surface area contributed by atoms with Crippen LogP contribution in [0.5, 0.6) is 0 Å². The molecule has 0 fully saturated rings. The van der Waals surface area contributed by atoms with Crippen molar-refractivity contribution < 1.29 is 14.6 Å². The van der Waals surface area contributed by atoms with Crippen molar-refractivity contribution in [3.63, 3.8) is 0 Å². The summed E-state index contributed by atoms with van der Waals surface area (Å²) in [6.07, 6.45) is -0.559. The maximum Gasteiger partial charge on any atom is 0.329 e. The molecule has 0 aliphatic carbocycles. The molecule has 1 N–H and O–H groups in total. The molecule has 0 spiro atoms. The molecule has 1 aliphatic heterocycles. The molecule has 0 amide bonds. The number of halogens is 1. The number of hydrogen-bond donors (Lipinski definition) is 1. The van der Waals surface area contributed by atoms with Crippen LogP contribution in [-0.2, 0) is 16.1 Å². The first-order valence-corrected chi connectivity index (χ1v) is 8.76. The topological polar surface area (TPSA) is 49.8 Å². The zero-order valence-electron chi connectivity index (χ0n) is 14.2. The van der Waals surface area contributed by atoms with Gasteiger partial charge in [-0.3, -0.25) is 0 Å². The molecule has 26 heavy (non-hydrogen) atoms. The third kappa shape index (κ3) is 2.71. The molecule has 4 rings (SSSR count). The Morgan fingerprint density at radius 3 is 2.69 bits per heavy atom. The molecular weight excluding hydrogens is 350 g/mol. The fourth-order valence-corrected chi connectivity index (χ4v) is 3.99. The van der Waals surface area contributed by atoms with Gasteiger partial charge in [0.15, 0.2) is 6.04 Å². The molecule has 2 atom stereocenters. The van der Waals surface area contributed by atoms with Gasteiger partial charge in [-0.25, -0.2) is 4.79 Å². The van der Waals surface area contributed by atoms with Crippen molar-refractivity contribution in [1.29, 1.82) is 0 Å². The molecule has 3 aromatic carbocycles. The van der Waals surface area contributed by atoms with Gasteiger partial charge in [0.1, 0.15) is 6.10 Å². The number of rotatable bonds is 4. The molecular formula is C21H18ClNO3. The summed E-state index contributed by atoms with van der Waals surface area (Å²) in [7, 11) is 1.53. The predicted molar refractivity (Wildman–Crippen MR) is 103 cm³/mol. The summed E-state index contributed by atoms with van der Waals surface area (Å²) in [5.74, 6) is -0.913. The van der Waals surface area contributed by atoms with Crippen molar-refractivity contribution >= 4 is 34.0 Å². The lowest BCUT2D eigenvalue weighted by molar-refractivity contribution is -0.141. The van der Waals surface area contributed by atoms with Gasteiger partial charge in [-0.15, -0.1) is 0 Å². The third-order valence-electron chi connectivity index (χ3n) is 4.96. The maximum atomic E-state index is 12.0. The van der Waals surface area contributed by atoms with E-state index in [1.807, 2.05) is 35.2 Å². The largest absolute Gasteiger partial charge is 0.480 e. The molecule has 0 radical (unpaired) electrons. The minimum Gasteiger partial charge on any atom is -0.480 e. The van der Waals surface area contributed by atoms with Crippen LogP contribution in [0.2, 0.25) is 5.02 Å². The SMILES string of the molecule is COC1c2cc(Cl)ccc2N(Cc2cccc3ccccc23)C1C(=O)O. The van der Waals surface area contributed by atoms with E-state index in [1.165, 1.54) is 7.11 Å². The molecule has 5 heteroatoms. The van der Waals surface area contributed by atoms with Gasteiger partial charge in [0.05, 0.1) is 0 Å². The van der Waals surface area contributed by atoms with Crippen LogP contribution in [0.25, 0.3) is 10.8 Å². The van der Waals surface area contributed by atoms with E-state index in [0.29, 0.717) is 11.6 Å². The van der Waals surface area contributed by atoms with Gasteiger partial charge >= 0.3 is 5.97 Å². The molecule has 1 heterocycles. The monoisotopic (exact) mass is 367 g/mol. The van der Waals surface area contributed by atoms with E-state index in [-0.39, 0.29) is 0 Å². The van der Waals surface area contributed by atoms with Crippen LogP contribution in [0.15, 0.2) is 60.7 Å². The van der Waals surface area contributed by atoms with Gasteiger partial charge in [0, 0.05) is 29.9 Å². The van der Waals surface area contributed by atoms with Gasteiger partial charge in [-0.2, -0.15) is 0 Å². The van der Waals surface area contributed by atoms with E-state index >= 15 is 0 Å². The summed E-state index contributed by atoms with van der Waals surface area (Å²) < 4.78 is 5.54. The number of benzene rings is 3. The molecule has 1 aliphatic rings. The second kappa shape index (κ2) is 6.63. The van der Waals surface area contributed by atoms with Crippen molar-refractivity contribution in [3.05, 3.63) is 76.8 Å². The van der Waals surface area contributed by atoms with E-state index < -0.39 is 18.1 Å². The van der Waals surface area contributed by atoms with Gasteiger partial charge in [0.2, 0.25) is 0 Å². The Labute approximate surface area is 156 Å². The Hall–Kier alpha value is -2.56. The highest BCUT2D eigenvalue weighted by Crippen LogP contribution is 2.43. The van der Waals surface area contributed by atoms with Gasteiger partial charge in [-0.1, -0.05) is 54.1 Å². The highest BCUT2D eigenvalue weighted by atomic mass is 35.5. The fourth-order valence-electron chi connectivity index (χ4n) is 3.81. The molecule has 132 valence electrons. The van der Waals surface area contributed by atoms with E-state index in [0.717, 1.165) is 27.6 Å². The molecule has 0 bridgehead atoms. The smallest absolute Gasteiger partial charge is 0.329 e. The minimum atomic E-state index is -0.913. The Kier molecular flexibility index (Phi) is 4.31. The van der Waals surface area contributed by atoms with Gasteiger partial charge in [-0.05, 0) is 34.5 Å². The Morgan fingerprint density at radius 2 is 1.92 bits per heavy atom. The fraction of sp³-hybridized carbons (Fsp3) is 0.190. The number of carboxylic acids is 1. The predicted octanol–water partition coefficient (Wildman–Crippen LogP) is 4.65. The van der Waals surface area contributed by atoms with Gasteiger partial charge in [0.25, 0.3) is 0 Å². The third-order valence-corrected chi connectivity index (χ3v) is 5.19. The first kappa shape index (κ1) is 16.9. The lowest BCUT2D eigenvalue weighted by Crippen LogP contribution is -2.40. The molecule has 2 unspecified atom stereocenters. The van der Waals surface area contributed by atoms with Crippen LogP contribution in [0.4, 0.5) is 5.69 Å². The number of anilines is 1. The van der Waals surface area contributed by atoms with Crippen LogP contribution in [-0.4, -0.2) is 24.2 Å². The summed E-state index contributed by atoms with van der Waals surface area (Å²) in [4.78, 5) is 13.9. The molecule has 3 aromatic rings. The minimum absolute atomic E-state index is 0.479. The van der Waals surface area contributed by atoms with Crippen LogP contribution in [0.1, 0.15) is 17.2 Å². The Bertz CT molecular complexity index is 983. The zero-order chi connectivity index (χ0) is 18.3. The second-order valence-electron chi connectivity index (χ2n) is 6.41. The molecule has 0 saturated heterocycles. The van der Waals surface area contributed by atoms with Crippen molar-refractivity contribution in [3.8, 4) is 0 Å². The number of ether oxygens (including phenoxy) is 1. The second-order valence-corrected chi connectivity index (χ2v) is 6.85. The quantitative estimate of drug-likeness (QED) is 0.729. The molecule has 0 saturated carbocycles. The Morgan fingerprint density at radius 1 is 1.15 bits per heavy atom. The highest BCUT2D eigenvalue weighted by molar-refractivity contribution is 6.30.